The molecule has 0 bridgehead atoms. The minimum atomic E-state index is -4.29. The molecular weight excluding hydrogens is 866 g/mol. The summed E-state index contributed by atoms with van der Waals surface area (Å²) in [5.74, 6) is -0.332. The summed E-state index contributed by atoms with van der Waals surface area (Å²) in [5, 5.41) is 0. The maximum absolute atomic E-state index is 12.7. The third-order valence-electron chi connectivity index (χ3n) is 12.4. The van der Waals surface area contributed by atoms with Crippen LogP contribution in [0.25, 0.3) is 0 Å². The van der Waals surface area contributed by atoms with E-state index in [-0.39, 0.29) is 32.3 Å². The Kier molecular flexibility index (Phi) is 54.6. The molecule has 398 valence electrons. The highest BCUT2D eigenvalue weighted by Crippen LogP contribution is 2.43. The summed E-state index contributed by atoms with van der Waals surface area (Å²) in [4.78, 5) is 22.7. The maximum atomic E-state index is 12.7. The van der Waals surface area contributed by atoms with Crippen molar-refractivity contribution in [3.05, 3.63) is 60.8 Å². The van der Waals surface area contributed by atoms with Crippen LogP contribution in [0, 0.1) is 0 Å². The predicted octanol–water partition coefficient (Wildman–Crippen LogP) is 18.4. The van der Waals surface area contributed by atoms with Gasteiger partial charge in [0.15, 0.2) is 0 Å². The number of allylic oxidation sites excluding steroid dienone is 10. The lowest BCUT2D eigenvalue weighted by molar-refractivity contribution is -0.154. The van der Waals surface area contributed by atoms with E-state index in [2.05, 4.69) is 74.6 Å². The zero-order valence-electron chi connectivity index (χ0n) is 44.6. The SMILES string of the molecule is CCCCCCC/C=C\C/C=C\C/C=C\CCCCCCCCCCCCC(=O)OC(COCCCCCCCCCCCCCC/C=C\C/C=C\CCCCCCC)COP(=O)(O)OCCN. The predicted molar refractivity (Wildman–Crippen MR) is 293 cm³/mol. The number of carbonyl (C=O) groups excluding carboxylic acids is 1. The van der Waals surface area contributed by atoms with Crippen molar-refractivity contribution in [2.45, 2.75) is 277 Å². The highest BCUT2D eigenvalue weighted by Gasteiger charge is 2.25. The molecule has 9 heteroatoms. The van der Waals surface area contributed by atoms with Gasteiger partial charge in [-0.25, -0.2) is 4.57 Å². The third kappa shape index (κ3) is 55.1. The lowest BCUT2D eigenvalue weighted by Crippen LogP contribution is -2.28. The minimum absolute atomic E-state index is 0.0978. The molecule has 0 aromatic rings. The van der Waals surface area contributed by atoms with Gasteiger partial charge in [0.25, 0.3) is 0 Å². The fraction of sp³-hybridized carbons (Fsp3) is 0.814. The van der Waals surface area contributed by atoms with Crippen LogP contribution in [0.5, 0.6) is 0 Å². The molecule has 2 atom stereocenters. The van der Waals surface area contributed by atoms with Gasteiger partial charge >= 0.3 is 13.8 Å². The molecule has 0 aliphatic carbocycles. The van der Waals surface area contributed by atoms with Crippen molar-refractivity contribution >= 4 is 13.8 Å². The molecular formula is C59H110NO7P. The van der Waals surface area contributed by atoms with Crippen molar-refractivity contribution in [3.63, 3.8) is 0 Å². The van der Waals surface area contributed by atoms with Crippen LogP contribution in [0.4, 0.5) is 0 Å². The van der Waals surface area contributed by atoms with Crippen molar-refractivity contribution in [3.8, 4) is 0 Å². The second-order valence-electron chi connectivity index (χ2n) is 19.1. The van der Waals surface area contributed by atoms with Gasteiger partial charge in [-0.1, -0.05) is 242 Å². The Bertz CT molecular complexity index is 1230. The van der Waals surface area contributed by atoms with E-state index < -0.39 is 13.9 Å². The zero-order chi connectivity index (χ0) is 49.4. The van der Waals surface area contributed by atoms with Crippen LogP contribution >= 0.6 is 7.82 Å². The summed E-state index contributed by atoms with van der Waals surface area (Å²) >= 11 is 0. The molecule has 68 heavy (non-hydrogen) atoms. The molecule has 3 N–H and O–H groups in total. The van der Waals surface area contributed by atoms with Crippen LogP contribution in [-0.2, 0) is 27.9 Å². The summed E-state index contributed by atoms with van der Waals surface area (Å²) < 4.78 is 33.7. The Balaban J connectivity index is 3.90. The van der Waals surface area contributed by atoms with Crippen molar-refractivity contribution in [1.29, 1.82) is 0 Å². The number of carbonyl (C=O) groups is 1. The van der Waals surface area contributed by atoms with E-state index in [0.717, 1.165) is 51.4 Å². The van der Waals surface area contributed by atoms with Crippen LogP contribution < -0.4 is 5.73 Å². The summed E-state index contributed by atoms with van der Waals surface area (Å²) in [6.07, 6.45) is 71.2. The quantitative estimate of drug-likeness (QED) is 0.0268. The zero-order valence-corrected chi connectivity index (χ0v) is 45.5. The van der Waals surface area contributed by atoms with E-state index in [9.17, 15) is 14.3 Å². The van der Waals surface area contributed by atoms with Gasteiger partial charge in [-0.05, 0) is 83.5 Å². The van der Waals surface area contributed by atoms with Gasteiger partial charge in [0.1, 0.15) is 6.10 Å². The molecule has 8 nitrogen and oxygen atoms in total. The Morgan fingerprint density at radius 1 is 0.441 bits per heavy atom. The number of hydrogen-bond donors (Lipinski definition) is 2. The fourth-order valence-corrected chi connectivity index (χ4v) is 8.92. The van der Waals surface area contributed by atoms with Gasteiger partial charge in [-0.3, -0.25) is 13.8 Å². The van der Waals surface area contributed by atoms with Gasteiger partial charge in [0.2, 0.25) is 0 Å². The highest BCUT2D eigenvalue weighted by molar-refractivity contribution is 7.47. The fourth-order valence-electron chi connectivity index (χ4n) is 8.15. The smallest absolute Gasteiger partial charge is 0.457 e. The lowest BCUT2D eigenvalue weighted by Gasteiger charge is -2.20. The maximum Gasteiger partial charge on any atom is 0.472 e. The first-order valence-electron chi connectivity index (χ1n) is 28.8. The molecule has 0 rings (SSSR count). The van der Waals surface area contributed by atoms with Crippen LogP contribution in [0.15, 0.2) is 60.8 Å². The molecule has 0 spiro atoms. The largest absolute Gasteiger partial charge is 0.472 e. The Morgan fingerprint density at radius 2 is 0.779 bits per heavy atom. The van der Waals surface area contributed by atoms with E-state index in [1.54, 1.807) is 0 Å². The average Bonchev–Trinajstić information content (AvgIpc) is 3.33. The number of phosphoric acid groups is 1. The van der Waals surface area contributed by atoms with E-state index in [0.29, 0.717) is 13.0 Å². The number of esters is 1. The molecule has 2 unspecified atom stereocenters. The summed E-state index contributed by atoms with van der Waals surface area (Å²) in [6.45, 7) is 4.93. The molecule has 0 aliphatic rings. The molecule has 0 heterocycles. The monoisotopic (exact) mass is 976 g/mol. The topological polar surface area (TPSA) is 117 Å². The molecule has 0 amide bonds. The molecule has 0 aromatic carbocycles. The second kappa shape index (κ2) is 56.1. The first-order valence-corrected chi connectivity index (χ1v) is 30.3. The first kappa shape index (κ1) is 66.2. The van der Waals surface area contributed by atoms with E-state index >= 15 is 0 Å². The molecule has 0 radical (unpaired) electrons. The van der Waals surface area contributed by atoms with Gasteiger partial charge < -0.3 is 20.1 Å². The third-order valence-corrected chi connectivity index (χ3v) is 13.4. The lowest BCUT2D eigenvalue weighted by atomic mass is 10.0. The molecule has 0 aliphatic heterocycles. The van der Waals surface area contributed by atoms with Crippen LogP contribution in [0.1, 0.15) is 271 Å². The number of rotatable bonds is 55. The van der Waals surface area contributed by atoms with Crippen LogP contribution in [0.3, 0.4) is 0 Å². The highest BCUT2D eigenvalue weighted by atomic mass is 31.2. The van der Waals surface area contributed by atoms with Gasteiger partial charge in [-0.15, -0.1) is 0 Å². The minimum Gasteiger partial charge on any atom is -0.457 e. The molecule has 0 saturated heterocycles. The molecule has 0 aromatic heterocycles. The number of nitrogens with two attached hydrogens (primary N) is 1. The van der Waals surface area contributed by atoms with Gasteiger partial charge in [-0.2, -0.15) is 0 Å². The summed E-state index contributed by atoms with van der Waals surface area (Å²) in [7, 11) is -4.29. The van der Waals surface area contributed by atoms with Gasteiger partial charge in [0.05, 0.1) is 19.8 Å². The van der Waals surface area contributed by atoms with E-state index in [1.807, 2.05) is 0 Å². The molecule has 0 saturated carbocycles. The van der Waals surface area contributed by atoms with Gasteiger partial charge in [0, 0.05) is 19.6 Å². The molecule has 0 fully saturated rings. The van der Waals surface area contributed by atoms with Crippen molar-refractivity contribution in [1.82, 2.24) is 0 Å². The number of phosphoric ester groups is 1. The first-order chi connectivity index (χ1) is 33.4. The Labute approximate surface area is 421 Å². The summed E-state index contributed by atoms with van der Waals surface area (Å²) in [5.41, 5.74) is 5.40. The van der Waals surface area contributed by atoms with Crippen LogP contribution in [0.2, 0.25) is 0 Å². The summed E-state index contributed by atoms with van der Waals surface area (Å²) in [6, 6.07) is 0. The van der Waals surface area contributed by atoms with Crippen molar-refractivity contribution < 1.29 is 32.8 Å². The van der Waals surface area contributed by atoms with Crippen molar-refractivity contribution in [2.75, 3.05) is 33.0 Å². The Hall–Kier alpha value is -1.80. The van der Waals surface area contributed by atoms with E-state index in [1.165, 1.54) is 199 Å². The number of hydrogen-bond acceptors (Lipinski definition) is 7. The number of ether oxygens (including phenoxy) is 2. The second-order valence-corrected chi connectivity index (χ2v) is 20.6. The van der Waals surface area contributed by atoms with Crippen molar-refractivity contribution in [2.24, 2.45) is 5.73 Å². The normalized spacial score (nSPS) is 13.6. The standard InChI is InChI=1S/C59H110NO7P/c1-3-5-7-9-11-13-15-17-19-21-23-25-27-29-30-32-34-36-38-40-42-44-46-48-50-52-59(61)67-58(57-66-68(62,63)65-55-53-60)56-64-54-51-49-47-45-43-41-39-37-35-33-31-28-26-24-22-20-18-16-14-12-10-8-6-4-2/h15-18,21-24,27,29,58H,3-14,19-20,25-26,28,30-57,60H2,1-2H3,(H,62,63)/b17-15-,18-16-,23-21-,24-22-,29-27-. The number of unbranched alkanes of at least 4 members (excludes halogenated alkanes) is 32. The average molecular weight is 977 g/mol. The Morgan fingerprint density at radius 3 is 1.16 bits per heavy atom. The van der Waals surface area contributed by atoms with Crippen LogP contribution in [-0.4, -0.2) is 49.9 Å². The van der Waals surface area contributed by atoms with E-state index in [4.69, 9.17) is 24.3 Å².